The van der Waals surface area contributed by atoms with Crippen LogP contribution in [0.5, 0.6) is 0 Å². The summed E-state index contributed by atoms with van der Waals surface area (Å²) >= 11 is 0. The molecule has 0 N–H and O–H groups in total. The summed E-state index contributed by atoms with van der Waals surface area (Å²) in [5.41, 5.74) is 7.57. The summed E-state index contributed by atoms with van der Waals surface area (Å²) in [7, 11) is 0. The fraction of sp³-hybridized carbons (Fsp3) is 0.500. The standard InChI is InChI=1S/C24H30N2/c1-18-6-5-7-19(14-18)17-26-13-10-20-15-24(26)23-16-21(8-9-22(20)23)25-11-3-2-4-12-25/h5-9,14,16,20,24H,2-4,10-13,15,17H2,1H3/t20-,24+/m1/s1. The molecule has 2 heterocycles. The number of nitrogens with zero attached hydrogens (tertiary/aromatic N) is 2. The number of hydrogen-bond donors (Lipinski definition) is 0. The molecule has 0 amide bonds. The Morgan fingerprint density at radius 3 is 2.65 bits per heavy atom. The minimum atomic E-state index is 0.619. The normalized spacial score (nSPS) is 25.3. The van der Waals surface area contributed by atoms with Crippen molar-refractivity contribution in [3.63, 3.8) is 0 Å². The summed E-state index contributed by atoms with van der Waals surface area (Å²) in [6, 6.07) is 17.1. The lowest BCUT2D eigenvalue weighted by molar-refractivity contribution is 0.145. The van der Waals surface area contributed by atoms with E-state index in [1.807, 2.05) is 0 Å². The highest BCUT2D eigenvalue weighted by Gasteiger charge is 2.38. The Labute approximate surface area is 157 Å². The summed E-state index contributed by atoms with van der Waals surface area (Å²) in [4.78, 5) is 5.34. The van der Waals surface area contributed by atoms with Crippen LogP contribution < -0.4 is 4.90 Å². The molecule has 1 aliphatic carbocycles. The van der Waals surface area contributed by atoms with Crippen molar-refractivity contribution < 1.29 is 0 Å². The van der Waals surface area contributed by atoms with Gasteiger partial charge in [0.25, 0.3) is 0 Å². The third kappa shape index (κ3) is 2.95. The van der Waals surface area contributed by atoms with E-state index >= 15 is 0 Å². The van der Waals surface area contributed by atoms with E-state index in [-0.39, 0.29) is 0 Å². The third-order valence-electron chi connectivity index (χ3n) is 6.77. The Morgan fingerprint density at radius 1 is 0.923 bits per heavy atom. The molecule has 0 saturated carbocycles. The summed E-state index contributed by atoms with van der Waals surface area (Å²) in [6.45, 7) is 6.99. The molecule has 5 rings (SSSR count). The zero-order chi connectivity index (χ0) is 17.5. The maximum Gasteiger partial charge on any atom is 0.0369 e. The Morgan fingerprint density at radius 2 is 1.81 bits per heavy atom. The smallest absolute Gasteiger partial charge is 0.0369 e. The number of hydrogen-bond acceptors (Lipinski definition) is 2. The highest BCUT2D eigenvalue weighted by molar-refractivity contribution is 5.55. The molecule has 2 atom stereocenters. The van der Waals surface area contributed by atoms with Gasteiger partial charge in [0.05, 0.1) is 0 Å². The van der Waals surface area contributed by atoms with Crippen LogP contribution in [0, 0.1) is 6.92 Å². The molecule has 136 valence electrons. The van der Waals surface area contributed by atoms with Gasteiger partial charge in [-0.1, -0.05) is 35.9 Å². The van der Waals surface area contributed by atoms with Gasteiger partial charge in [-0.15, -0.1) is 0 Å². The lowest BCUT2D eigenvalue weighted by atomic mass is 9.95. The monoisotopic (exact) mass is 346 g/mol. The van der Waals surface area contributed by atoms with E-state index in [0.717, 1.165) is 12.5 Å². The molecule has 3 aliphatic rings. The first-order valence-electron chi connectivity index (χ1n) is 10.5. The average molecular weight is 347 g/mol. The van der Waals surface area contributed by atoms with Crippen LogP contribution in [0.4, 0.5) is 5.69 Å². The zero-order valence-corrected chi connectivity index (χ0v) is 16.0. The fourth-order valence-electron chi connectivity index (χ4n) is 5.43. The van der Waals surface area contributed by atoms with E-state index in [9.17, 15) is 0 Å². The number of likely N-dealkylation sites (tertiary alicyclic amines) is 1. The van der Waals surface area contributed by atoms with Crippen LogP contribution in [-0.2, 0) is 6.54 Å². The van der Waals surface area contributed by atoms with Gasteiger partial charge in [0.1, 0.15) is 0 Å². The zero-order valence-electron chi connectivity index (χ0n) is 16.0. The minimum Gasteiger partial charge on any atom is -0.372 e. The number of piperidine rings is 2. The van der Waals surface area contributed by atoms with Crippen LogP contribution in [0.3, 0.4) is 0 Å². The second-order valence-electron chi connectivity index (χ2n) is 8.56. The average Bonchev–Trinajstić information content (AvgIpc) is 2.97. The Bertz CT molecular complexity index is 791. The molecule has 2 nitrogen and oxygen atoms in total. The van der Waals surface area contributed by atoms with Crippen molar-refractivity contribution in [3.05, 3.63) is 64.7 Å². The van der Waals surface area contributed by atoms with Crippen molar-refractivity contribution in [3.8, 4) is 0 Å². The molecule has 2 saturated heterocycles. The van der Waals surface area contributed by atoms with Crippen LogP contribution in [0.15, 0.2) is 42.5 Å². The second kappa shape index (κ2) is 6.74. The van der Waals surface area contributed by atoms with E-state index in [4.69, 9.17) is 0 Å². The van der Waals surface area contributed by atoms with Crippen LogP contribution in [0.2, 0.25) is 0 Å². The molecule has 2 heteroatoms. The van der Waals surface area contributed by atoms with Gasteiger partial charge in [0, 0.05) is 31.4 Å². The molecule has 2 fully saturated rings. The fourth-order valence-corrected chi connectivity index (χ4v) is 5.43. The quantitative estimate of drug-likeness (QED) is 0.732. The van der Waals surface area contributed by atoms with Gasteiger partial charge in [0.2, 0.25) is 0 Å². The first-order valence-corrected chi connectivity index (χ1v) is 10.5. The molecular weight excluding hydrogens is 316 g/mol. The summed E-state index contributed by atoms with van der Waals surface area (Å²) in [5.74, 6) is 0.791. The van der Waals surface area contributed by atoms with Gasteiger partial charge in [-0.2, -0.15) is 0 Å². The number of rotatable bonds is 3. The predicted octanol–water partition coefficient (Wildman–Crippen LogP) is 5.42. The van der Waals surface area contributed by atoms with Crippen LogP contribution in [-0.4, -0.2) is 24.5 Å². The highest BCUT2D eigenvalue weighted by atomic mass is 15.2. The number of aryl methyl sites for hydroxylation is 1. The highest BCUT2D eigenvalue weighted by Crippen LogP contribution is 2.50. The molecule has 26 heavy (non-hydrogen) atoms. The van der Waals surface area contributed by atoms with Crippen molar-refractivity contribution in [1.82, 2.24) is 4.90 Å². The van der Waals surface area contributed by atoms with Crippen LogP contribution >= 0.6 is 0 Å². The van der Waals surface area contributed by atoms with Gasteiger partial charge >= 0.3 is 0 Å². The van der Waals surface area contributed by atoms with Crippen molar-refractivity contribution in [2.24, 2.45) is 0 Å². The van der Waals surface area contributed by atoms with Crippen LogP contribution in [0.1, 0.15) is 66.3 Å². The Kier molecular flexibility index (Phi) is 4.24. The van der Waals surface area contributed by atoms with Gasteiger partial charge in [-0.25, -0.2) is 0 Å². The van der Waals surface area contributed by atoms with Crippen molar-refractivity contribution >= 4 is 5.69 Å². The summed E-state index contributed by atoms with van der Waals surface area (Å²) < 4.78 is 0. The molecule has 0 radical (unpaired) electrons. The van der Waals surface area contributed by atoms with Gasteiger partial charge in [-0.05, 0) is 80.3 Å². The van der Waals surface area contributed by atoms with Gasteiger partial charge in [-0.3, -0.25) is 4.90 Å². The third-order valence-corrected chi connectivity index (χ3v) is 6.77. The van der Waals surface area contributed by atoms with Crippen molar-refractivity contribution in [1.29, 1.82) is 0 Å². The second-order valence-corrected chi connectivity index (χ2v) is 8.56. The van der Waals surface area contributed by atoms with E-state index in [2.05, 4.69) is 59.2 Å². The van der Waals surface area contributed by atoms with Crippen LogP contribution in [0.25, 0.3) is 0 Å². The lowest BCUT2D eigenvalue weighted by Gasteiger charge is -2.34. The van der Waals surface area contributed by atoms with E-state index in [1.165, 1.54) is 68.6 Å². The number of fused-ring (bicyclic) bond motifs is 5. The van der Waals surface area contributed by atoms with Gasteiger partial charge < -0.3 is 4.90 Å². The first kappa shape index (κ1) is 16.4. The van der Waals surface area contributed by atoms with Gasteiger partial charge in [0.15, 0.2) is 0 Å². The summed E-state index contributed by atoms with van der Waals surface area (Å²) in [5, 5.41) is 0. The summed E-state index contributed by atoms with van der Waals surface area (Å²) in [6.07, 6.45) is 6.74. The molecule has 0 unspecified atom stereocenters. The lowest BCUT2D eigenvalue weighted by Crippen LogP contribution is -2.32. The van der Waals surface area contributed by atoms with E-state index in [1.54, 1.807) is 11.1 Å². The van der Waals surface area contributed by atoms with Crippen molar-refractivity contribution in [2.45, 2.75) is 57.5 Å². The Hall–Kier alpha value is -1.80. The number of benzene rings is 2. The Balaban J connectivity index is 1.42. The molecule has 0 aromatic heterocycles. The number of anilines is 1. The predicted molar refractivity (Wildman–Crippen MR) is 109 cm³/mol. The minimum absolute atomic E-state index is 0.619. The molecule has 2 aromatic carbocycles. The maximum atomic E-state index is 2.73. The molecule has 2 aromatic rings. The maximum absolute atomic E-state index is 2.73. The van der Waals surface area contributed by atoms with E-state index in [0.29, 0.717) is 6.04 Å². The van der Waals surface area contributed by atoms with E-state index < -0.39 is 0 Å². The SMILES string of the molecule is Cc1cccc(CN2CC[C@@H]3C[C@H]2c2cc(N4CCCCC4)ccc23)c1. The van der Waals surface area contributed by atoms with Crippen molar-refractivity contribution in [2.75, 3.05) is 24.5 Å². The molecule has 2 bridgehead atoms. The topological polar surface area (TPSA) is 6.48 Å². The molecule has 2 aliphatic heterocycles. The first-order chi connectivity index (χ1) is 12.8. The molecular formula is C24H30N2. The molecule has 0 spiro atoms. The largest absolute Gasteiger partial charge is 0.372 e.